The molecule has 0 aliphatic rings. The minimum Gasteiger partial charge on any atom is -0.313 e. The molecule has 3 heterocycles. The van der Waals surface area contributed by atoms with Gasteiger partial charge in [-0.3, -0.25) is 18.3 Å². The second-order valence-electron chi connectivity index (χ2n) is 6.78. The van der Waals surface area contributed by atoms with Crippen LogP contribution in [0.5, 0.6) is 0 Å². The summed E-state index contributed by atoms with van der Waals surface area (Å²) in [6, 6.07) is 7.79. The molecule has 1 aromatic carbocycles. The normalized spacial score (nSPS) is 11.7. The van der Waals surface area contributed by atoms with Crippen LogP contribution in [0.1, 0.15) is 16.8 Å². The van der Waals surface area contributed by atoms with Crippen LogP contribution in [0.15, 0.2) is 40.1 Å². The van der Waals surface area contributed by atoms with Gasteiger partial charge in [0, 0.05) is 31.4 Å². The molecular formula is C19H20ClN5O2. The third kappa shape index (κ3) is 2.70. The molecule has 0 fully saturated rings. The SMILES string of the molecule is Cc1ccc(Cn2c(=O)c3c(nc4n(CCCl)c(C)cn34)n(C)c2=O)cc1. The van der Waals surface area contributed by atoms with Crippen molar-refractivity contribution in [2.24, 2.45) is 7.05 Å². The van der Waals surface area contributed by atoms with Gasteiger partial charge in [0.15, 0.2) is 11.2 Å². The highest BCUT2D eigenvalue weighted by Gasteiger charge is 2.20. The van der Waals surface area contributed by atoms with Crippen LogP contribution in [-0.2, 0) is 20.1 Å². The Kier molecular flexibility index (Phi) is 4.19. The maximum atomic E-state index is 13.2. The number of hydrogen-bond donors (Lipinski definition) is 0. The van der Waals surface area contributed by atoms with Crippen LogP contribution >= 0.6 is 11.6 Å². The second-order valence-corrected chi connectivity index (χ2v) is 7.16. The Morgan fingerprint density at radius 3 is 2.44 bits per heavy atom. The lowest BCUT2D eigenvalue weighted by Gasteiger charge is -2.08. The van der Waals surface area contributed by atoms with Gasteiger partial charge in [-0.15, -0.1) is 11.6 Å². The van der Waals surface area contributed by atoms with Crippen LogP contribution < -0.4 is 11.2 Å². The zero-order valence-corrected chi connectivity index (χ0v) is 16.2. The van der Waals surface area contributed by atoms with Crippen molar-refractivity contribution in [3.05, 3.63) is 68.1 Å². The summed E-state index contributed by atoms with van der Waals surface area (Å²) in [6.45, 7) is 4.74. The molecule has 3 aromatic heterocycles. The fourth-order valence-corrected chi connectivity index (χ4v) is 3.60. The monoisotopic (exact) mass is 385 g/mol. The van der Waals surface area contributed by atoms with Gasteiger partial charge in [0.2, 0.25) is 5.78 Å². The van der Waals surface area contributed by atoms with E-state index in [1.807, 2.05) is 48.9 Å². The number of fused-ring (bicyclic) bond motifs is 3. The Bertz CT molecular complexity index is 1270. The molecule has 4 rings (SSSR count). The first-order valence-electron chi connectivity index (χ1n) is 8.71. The Balaban J connectivity index is 1.99. The Hall–Kier alpha value is -2.80. The van der Waals surface area contributed by atoms with Gasteiger partial charge in [0.05, 0.1) is 6.54 Å². The Morgan fingerprint density at radius 1 is 1.07 bits per heavy atom. The molecule has 0 aliphatic carbocycles. The maximum absolute atomic E-state index is 13.2. The van der Waals surface area contributed by atoms with Crippen molar-refractivity contribution in [3.63, 3.8) is 0 Å². The topological polar surface area (TPSA) is 66.2 Å². The number of imidazole rings is 2. The number of halogens is 1. The van der Waals surface area contributed by atoms with E-state index in [-0.39, 0.29) is 17.8 Å². The molecule has 0 N–H and O–H groups in total. The summed E-state index contributed by atoms with van der Waals surface area (Å²) in [5, 5.41) is 0. The van der Waals surface area contributed by atoms with Gasteiger partial charge in [-0.1, -0.05) is 29.8 Å². The number of alkyl halides is 1. The van der Waals surface area contributed by atoms with Gasteiger partial charge in [-0.2, -0.15) is 4.98 Å². The summed E-state index contributed by atoms with van der Waals surface area (Å²) in [4.78, 5) is 30.5. The molecule has 140 valence electrons. The van der Waals surface area contributed by atoms with E-state index in [4.69, 9.17) is 11.6 Å². The highest BCUT2D eigenvalue weighted by molar-refractivity contribution is 6.17. The lowest BCUT2D eigenvalue weighted by atomic mass is 10.1. The summed E-state index contributed by atoms with van der Waals surface area (Å²) in [5.74, 6) is 1.05. The first-order chi connectivity index (χ1) is 12.9. The highest BCUT2D eigenvalue weighted by atomic mass is 35.5. The van der Waals surface area contributed by atoms with Crippen LogP contribution in [0.2, 0.25) is 0 Å². The van der Waals surface area contributed by atoms with Crippen LogP contribution in [0.4, 0.5) is 0 Å². The predicted octanol–water partition coefficient (Wildman–Crippen LogP) is 2.05. The molecule has 0 saturated heterocycles. The zero-order chi connectivity index (χ0) is 19.3. The largest absolute Gasteiger partial charge is 0.332 e. The predicted molar refractivity (Wildman–Crippen MR) is 106 cm³/mol. The van der Waals surface area contributed by atoms with Gasteiger partial charge in [-0.05, 0) is 19.4 Å². The van der Waals surface area contributed by atoms with E-state index in [0.29, 0.717) is 29.4 Å². The molecule has 8 heteroatoms. The van der Waals surface area contributed by atoms with E-state index in [1.165, 1.54) is 9.13 Å². The first-order valence-corrected chi connectivity index (χ1v) is 9.25. The van der Waals surface area contributed by atoms with Gasteiger partial charge >= 0.3 is 5.69 Å². The number of aromatic nitrogens is 5. The van der Waals surface area contributed by atoms with Crippen molar-refractivity contribution in [3.8, 4) is 0 Å². The van der Waals surface area contributed by atoms with Crippen molar-refractivity contribution >= 4 is 28.5 Å². The van der Waals surface area contributed by atoms with Crippen LogP contribution in [-0.4, -0.2) is 29.0 Å². The first kappa shape index (κ1) is 17.6. The summed E-state index contributed by atoms with van der Waals surface area (Å²) in [5.41, 5.74) is 3.04. The molecule has 0 aliphatic heterocycles. The smallest absolute Gasteiger partial charge is 0.313 e. The maximum Gasteiger partial charge on any atom is 0.332 e. The fourth-order valence-electron chi connectivity index (χ4n) is 3.43. The number of benzene rings is 1. The number of rotatable bonds is 4. The molecule has 27 heavy (non-hydrogen) atoms. The van der Waals surface area contributed by atoms with Crippen molar-refractivity contribution in [2.75, 3.05) is 5.88 Å². The minimum atomic E-state index is -0.380. The molecule has 0 saturated carbocycles. The van der Waals surface area contributed by atoms with Crippen molar-refractivity contribution in [1.82, 2.24) is 23.1 Å². The van der Waals surface area contributed by atoms with E-state index in [2.05, 4.69) is 4.98 Å². The molecule has 0 atom stereocenters. The van der Waals surface area contributed by atoms with Gasteiger partial charge in [0.25, 0.3) is 5.56 Å². The van der Waals surface area contributed by atoms with Crippen molar-refractivity contribution in [2.45, 2.75) is 26.9 Å². The van der Waals surface area contributed by atoms with Crippen LogP contribution in [0.3, 0.4) is 0 Å². The molecule has 0 bridgehead atoms. The number of nitrogens with zero attached hydrogens (tertiary/aromatic N) is 5. The van der Waals surface area contributed by atoms with E-state index >= 15 is 0 Å². The van der Waals surface area contributed by atoms with E-state index in [0.717, 1.165) is 16.8 Å². The summed E-state index contributed by atoms with van der Waals surface area (Å²) >= 11 is 5.90. The molecule has 4 aromatic rings. The van der Waals surface area contributed by atoms with Crippen molar-refractivity contribution in [1.29, 1.82) is 0 Å². The molecule has 0 unspecified atom stereocenters. The van der Waals surface area contributed by atoms with E-state index in [1.54, 1.807) is 11.4 Å². The second kappa shape index (κ2) is 6.42. The zero-order valence-electron chi connectivity index (χ0n) is 15.4. The molecule has 7 nitrogen and oxygen atoms in total. The van der Waals surface area contributed by atoms with Crippen LogP contribution in [0.25, 0.3) is 16.9 Å². The van der Waals surface area contributed by atoms with E-state index < -0.39 is 0 Å². The average Bonchev–Trinajstić information content (AvgIpc) is 3.15. The summed E-state index contributed by atoms with van der Waals surface area (Å²) < 4.78 is 6.39. The number of hydrogen-bond acceptors (Lipinski definition) is 3. The molecule has 0 radical (unpaired) electrons. The third-order valence-electron chi connectivity index (χ3n) is 4.91. The van der Waals surface area contributed by atoms with Crippen LogP contribution in [0, 0.1) is 13.8 Å². The van der Waals surface area contributed by atoms with Gasteiger partial charge < -0.3 is 4.57 Å². The van der Waals surface area contributed by atoms with E-state index in [9.17, 15) is 9.59 Å². The Labute approximate surface area is 160 Å². The average molecular weight is 386 g/mol. The minimum absolute atomic E-state index is 0.219. The molecule has 0 spiro atoms. The standard InChI is InChI=1S/C19H20ClN5O2/c1-12-4-6-14(7-5-12)11-25-17(26)15-16(22(3)19(25)27)21-18-23(9-8-20)13(2)10-24(15)18/h4-7,10H,8-9,11H2,1-3H3. The van der Waals surface area contributed by atoms with Crippen molar-refractivity contribution < 1.29 is 0 Å². The Morgan fingerprint density at radius 2 is 1.78 bits per heavy atom. The lowest BCUT2D eigenvalue weighted by Crippen LogP contribution is -2.39. The summed E-state index contributed by atoms with van der Waals surface area (Å²) in [7, 11) is 1.64. The third-order valence-corrected chi connectivity index (χ3v) is 5.08. The molecular weight excluding hydrogens is 366 g/mol. The number of aryl methyl sites for hydroxylation is 4. The molecule has 0 amide bonds. The van der Waals surface area contributed by atoms with Gasteiger partial charge in [-0.25, -0.2) is 4.79 Å². The highest BCUT2D eigenvalue weighted by Crippen LogP contribution is 2.16. The van der Waals surface area contributed by atoms with Gasteiger partial charge in [0.1, 0.15) is 0 Å². The fraction of sp³-hybridized carbons (Fsp3) is 0.316. The quantitative estimate of drug-likeness (QED) is 0.505. The summed E-state index contributed by atoms with van der Waals surface area (Å²) in [6.07, 6.45) is 1.86. The lowest BCUT2D eigenvalue weighted by molar-refractivity contribution is 0.656.